The first-order valence-corrected chi connectivity index (χ1v) is 18.9. The number of benzene rings is 3. The second kappa shape index (κ2) is 14.8. The van der Waals surface area contributed by atoms with Crippen molar-refractivity contribution in [1.29, 1.82) is 0 Å². The van der Waals surface area contributed by atoms with E-state index in [9.17, 15) is 0 Å². The van der Waals surface area contributed by atoms with Crippen LogP contribution in [0.5, 0.6) is 17.2 Å². The van der Waals surface area contributed by atoms with Gasteiger partial charge in [-0.1, -0.05) is 70.4 Å². The molecule has 0 saturated carbocycles. The highest BCUT2D eigenvalue weighted by atomic mass is 16.5. The number of rotatable bonds is 12. The van der Waals surface area contributed by atoms with Crippen molar-refractivity contribution >= 4 is 21.8 Å². The number of nitrogens with zero attached hydrogens (tertiary/aromatic N) is 4. The van der Waals surface area contributed by atoms with Crippen LogP contribution >= 0.6 is 0 Å². The first-order valence-electron chi connectivity index (χ1n) is 18.9. The Bertz CT molecular complexity index is 2210. The van der Waals surface area contributed by atoms with Gasteiger partial charge < -0.3 is 9.47 Å². The van der Waals surface area contributed by atoms with E-state index >= 15 is 0 Å². The van der Waals surface area contributed by atoms with Crippen molar-refractivity contribution in [3.05, 3.63) is 113 Å². The van der Waals surface area contributed by atoms with Crippen LogP contribution in [0.2, 0.25) is 0 Å². The van der Waals surface area contributed by atoms with Crippen molar-refractivity contribution in [2.45, 2.75) is 92.4 Å². The summed E-state index contributed by atoms with van der Waals surface area (Å²) in [5, 5.41) is 7.77. The van der Waals surface area contributed by atoms with Crippen LogP contribution in [-0.4, -0.2) is 26.4 Å². The molecule has 3 aromatic heterocycles. The van der Waals surface area contributed by atoms with Gasteiger partial charge in [0.15, 0.2) is 0 Å². The first kappa shape index (κ1) is 34.6. The summed E-state index contributed by atoms with van der Waals surface area (Å²) < 4.78 is 16.8. The lowest BCUT2D eigenvalue weighted by atomic mass is 9.71. The van der Waals surface area contributed by atoms with E-state index in [1.807, 2.05) is 12.1 Å². The van der Waals surface area contributed by atoms with E-state index in [-0.39, 0.29) is 0 Å². The van der Waals surface area contributed by atoms with Gasteiger partial charge in [0, 0.05) is 52.3 Å². The number of hydrogen-bond acceptors (Lipinski definition) is 4. The van der Waals surface area contributed by atoms with Gasteiger partial charge in [-0.3, -0.25) is 4.57 Å². The zero-order valence-corrected chi connectivity index (χ0v) is 31.4. The van der Waals surface area contributed by atoms with Crippen molar-refractivity contribution in [3.8, 4) is 28.8 Å². The summed E-state index contributed by atoms with van der Waals surface area (Å²) in [6, 6.07) is 25.2. The molecule has 7 rings (SSSR count). The molecule has 6 nitrogen and oxygen atoms in total. The summed E-state index contributed by atoms with van der Waals surface area (Å²) in [7, 11) is 1.69. The Balaban J connectivity index is 1.32. The lowest BCUT2D eigenvalue weighted by Crippen LogP contribution is -2.21. The smallest absolute Gasteiger partial charge is 0.141 e. The van der Waals surface area contributed by atoms with Crippen molar-refractivity contribution in [2.75, 3.05) is 7.11 Å². The van der Waals surface area contributed by atoms with Crippen LogP contribution < -0.4 is 9.47 Å². The second-order valence-electron chi connectivity index (χ2n) is 14.7. The third kappa shape index (κ3) is 6.81. The highest BCUT2D eigenvalue weighted by Gasteiger charge is 2.33. The van der Waals surface area contributed by atoms with Gasteiger partial charge in [-0.15, -0.1) is 0 Å². The Hall–Kier alpha value is -4.84. The molecule has 3 heterocycles. The van der Waals surface area contributed by atoms with Gasteiger partial charge in [-0.25, -0.2) is 9.67 Å². The molecule has 3 atom stereocenters. The largest absolute Gasteiger partial charge is 0.497 e. The molecule has 264 valence electrons. The molecule has 6 aromatic rings. The Morgan fingerprint density at radius 3 is 2.37 bits per heavy atom. The number of allylic oxidation sites excluding steroid dienone is 2. The molecule has 1 aliphatic carbocycles. The minimum Gasteiger partial charge on any atom is -0.497 e. The minimum atomic E-state index is 0.409. The van der Waals surface area contributed by atoms with E-state index in [4.69, 9.17) is 19.6 Å². The third-order valence-corrected chi connectivity index (χ3v) is 10.6. The molecule has 0 spiro atoms. The van der Waals surface area contributed by atoms with Crippen LogP contribution in [0.1, 0.15) is 95.2 Å². The maximum Gasteiger partial charge on any atom is 0.141 e. The zero-order valence-electron chi connectivity index (χ0n) is 31.4. The Morgan fingerprint density at radius 1 is 0.804 bits per heavy atom. The third-order valence-electron chi connectivity index (χ3n) is 10.6. The Kier molecular flexibility index (Phi) is 10.0. The summed E-state index contributed by atoms with van der Waals surface area (Å²) in [5.74, 6) is 4.75. The van der Waals surface area contributed by atoms with E-state index in [0.717, 1.165) is 89.3 Å². The standard InChI is InChI=1S/C45H52N4O2/c1-8-10-15-39-45(44-31(5)22-29(3)23-32(44)6)41(16-11-9-2)49(47-39)33-24-30(4)25-36(26-33)51-35-18-19-38-37-14-12-13-17-40(37)48(42(38)27-35)43-28-34(50-7)20-21-46-43/h12-14,17-22,24-29,32,44H,8-11,15-16,23H2,1-7H3/t29-,32-,44?/m0/s1. The van der Waals surface area contributed by atoms with Gasteiger partial charge in [0.1, 0.15) is 23.1 Å². The summed E-state index contributed by atoms with van der Waals surface area (Å²) in [4.78, 5) is 4.73. The van der Waals surface area contributed by atoms with Crippen molar-refractivity contribution in [2.24, 2.45) is 11.8 Å². The minimum absolute atomic E-state index is 0.409. The molecule has 51 heavy (non-hydrogen) atoms. The molecule has 0 radical (unpaired) electrons. The van der Waals surface area contributed by atoms with Crippen molar-refractivity contribution in [1.82, 2.24) is 19.3 Å². The van der Waals surface area contributed by atoms with Gasteiger partial charge in [0.25, 0.3) is 0 Å². The monoisotopic (exact) mass is 680 g/mol. The van der Waals surface area contributed by atoms with Crippen LogP contribution in [0.3, 0.4) is 0 Å². The van der Waals surface area contributed by atoms with Crippen molar-refractivity contribution < 1.29 is 9.47 Å². The molecule has 0 fully saturated rings. The fourth-order valence-electron chi connectivity index (χ4n) is 8.46. The fourth-order valence-corrected chi connectivity index (χ4v) is 8.46. The quantitative estimate of drug-likeness (QED) is 0.121. The van der Waals surface area contributed by atoms with Crippen LogP contribution in [0.25, 0.3) is 33.3 Å². The Labute approximate surface area is 303 Å². The number of aromatic nitrogens is 4. The van der Waals surface area contributed by atoms with Crippen LogP contribution in [0.4, 0.5) is 0 Å². The molecular formula is C45H52N4O2. The fraction of sp³-hybridized carbons (Fsp3) is 0.378. The lowest BCUT2D eigenvalue weighted by molar-refractivity contribution is 0.388. The maximum absolute atomic E-state index is 6.74. The molecule has 1 unspecified atom stereocenters. The van der Waals surface area contributed by atoms with E-state index in [0.29, 0.717) is 17.8 Å². The predicted molar refractivity (Wildman–Crippen MR) is 210 cm³/mol. The number of hydrogen-bond donors (Lipinski definition) is 0. The summed E-state index contributed by atoms with van der Waals surface area (Å²) in [5.41, 5.74) is 9.95. The normalized spacial score (nSPS) is 17.6. The average Bonchev–Trinajstić information content (AvgIpc) is 3.64. The summed E-state index contributed by atoms with van der Waals surface area (Å²) in [6.45, 7) is 13.9. The molecular weight excluding hydrogens is 629 g/mol. The molecule has 0 N–H and O–H groups in total. The SMILES string of the molecule is CCCCc1nn(-c2cc(C)cc(Oc3ccc4c5ccccc5n(-c5cc(OC)ccn5)c4c3)c2)c(CCCC)c1C1C(C)=C[C@H](C)C[C@@H]1C. The van der Waals surface area contributed by atoms with E-state index in [1.54, 1.807) is 13.3 Å². The zero-order chi connectivity index (χ0) is 35.6. The van der Waals surface area contributed by atoms with Gasteiger partial charge in [0.05, 0.1) is 29.5 Å². The van der Waals surface area contributed by atoms with E-state index in [2.05, 4.69) is 118 Å². The van der Waals surface area contributed by atoms with Gasteiger partial charge in [-0.2, -0.15) is 5.10 Å². The summed E-state index contributed by atoms with van der Waals surface area (Å²) >= 11 is 0. The number of para-hydroxylation sites is 1. The average molecular weight is 681 g/mol. The number of aryl methyl sites for hydroxylation is 2. The molecule has 0 amide bonds. The maximum atomic E-state index is 6.74. The first-order chi connectivity index (χ1) is 24.8. The van der Waals surface area contributed by atoms with Crippen LogP contribution in [-0.2, 0) is 12.8 Å². The molecule has 6 heteroatoms. The Morgan fingerprint density at radius 2 is 1.59 bits per heavy atom. The molecule has 0 saturated heterocycles. The number of fused-ring (bicyclic) bond motifs is 3. The molecule has 0 aliphatic heterocycles. The number of pyridine rings is 1. The highest BCUT2D eigenvalue weighted by Crippen LogP contribution is 2.44. The predicted octanol–water partition coefficient (Wildman–Crippen LogP) is 11.9. The van der Waals surface area contributed by atoms with Gasteiger partial charge >= 0.3 is 0 Å². The highest BCUT2D eigenvalue weighted by molar-refractivity contribution is 6.09. The van der Waals surface area contributed by atoms with Crippen LogP contribution in [0.15, 0.2) is 90.6 Å². The van der Waals surface area contributed by atoms with Crippen LogP contribution in [0, 0.1) is 18.8 Å². The number of ether oxygens (including phenoxy) is 2. The number of unbranched alkanes of at least 4 members (excludes halogenated alkanes) is 2. The topological polar surface area (TPSA) is 54.1 Å². The molecule has 3 aromatic carbocycles. The number of methoxy groups -OCH3 is 1. The van der Waals surface area contributed by atoms with E-state index in [1.165, 1.54) is 34.3 Å². The second-order valence-corrected chi connectivity index (χ2v) is 14.7. The lowest BCUT2D eigenvalue weighted by Gasteiger charge is -2.33. The molecule has 1 aliphatic rings. The summed E-state index contributed by atoms with van der Waals surface area (Å²) in [6.07, 6.45) is 12.1. The molecule has 0 bridgehead atoms. The van der Waals surface area contributed by atoms with E-state index < -0.39 is 0 Å². The van der Waals surface area contributed by atoms with Gasteiger partial charge in [0.2, 0.25) is 0 Å². The van der Waals surface area contributed by atoms with Gasteiger partial charge in [-0.05, 0) is 99.7 Å². The van der Waals surface area contributed by atoms with Crippen molar-refractivity contribution in [3.63, 3.8) is 0 Å².